The van der Waals surface area contributed by atoms with E-state index in [1.54, 1.807) is 0 Å². The Hall–Kier alpha value is -1.68. The Kier molecular flexibility index (Phi) is 4.90. The Labute approximate surface area is 127 Å². The van der Waals surface area contributed by atoms with Gasteiger partial charge in [-0.05, 0) is 31.5 Å². The lowest BCUT2D eigenvalue weighted by Gasteiger charge is -2.12. The Morgan fingerprint density at radius 2 is 1.90 bits per heavy atom. The lowest BCUT2D eigenvalue weighted by molar-refractivity contribution is 0.0953. The molecule has 1 unspecified atom stereocenters. The molecule has 104 valence electrons. The van der Waals surface area contributed by atoms with Crippen LogP contribution in [0.25, 0.3) is 0 Å². The molecule has 0 aliphatic carbocycles. The van der Waals surface area contributed by atoms with Crippen molar-refractivity contribution < 1.29 is 4.79 Å². The van der Waals surface area contributed by atoms with E-state index in [4.69, 9.17) is 0 Å². The molecule has 0 radical (unpaired) electrons. The average molecular weight is 333 g/mol. The summed E-state index contributed by atoms with van der Waals surface area (Å²) in [7, 11) is 0. The highest BCUT2D eigenvalue weighted by Gasteiger charge is 2.12. The number of carbonyl (C=O) groups is 1. The van der Waals surface area contributed by atoms with Gasteiger partial charge in [0.05, 0.1) is 16.1 Å². The van der Waals surface area contributed by atoms with Crippen molar-refractivity contribution in [3.05, 3.63) is 65.0 Å². The monoisotopic (exact) mass is 332 g/mol. The van der Waals surface area contributed by atoms with Crippen LogP contribution in [-0.4, -0.2) is 17.4 Å². The summed E-state index contributed by atoms with van der Waals surface area (Å²) in [5.41, 5.74) is 3.45. The second-order valence-electron chi connectivity index (χ2n) is 4.67. The number of pyridine rings is 1. The predicted molar refractivity (Wildman–Crippen MR) is 84.2 cm³/mol. The first-order valence-electron chi connectivity index (χ1n) is 6.49. The molecule has 1 aromatic heterocycles. The molecule has 1 atom stereocenters. The maximum absolute atomic E-state index is 12.1. The van der Waals surface area contributed by atoms with Crippen molar-refractivity contribution in [3.8, 4) is 0 Å². The van der Waals surface area contributed by atoms with E-state index >= 15 is 0 Å². The summed E-state index contributed by atoms with van der Waals surface area (Å²) in [6.07, 6.45) is 0. The molecule has 4 heteroatoms. The van der Waals surface area contributed by atoms with Gasteiger partial charge >= 0.3 is 0 Å². The zero-order chi connectivity index (χ0) is 14.5. The molecule has 0 saturated carbocycles. The molecule has 1 N–H and O–H groups in total. The molecule has 20 heavy (non-hydrogen) atoms. The molecule has 1 heterocycles. The van der Waals surface area contributed by atoms with Crippen molar-refractivity contribution in [2.45, 2.75) is 18.7 Å². The number of rotatable bonds is 4. The lowest BCUT2D eigenvalue weighted by Crippen LogP contribution is -2.27. The fraction of sp³-hybridized carbons (Fsp3) is 0.250. The highest BCUT2D eigenvalue weighted by Crippen LogP contribution is 2.21. The zero-order valence-corrected chi connectivity index (χ0v) is 13.1. The van der Waals surface area contributed by atoms with Crippen LogP contribution in [0.2, 0.25) is 0 Å². The molecule has 0 spiro atoms. The van der Waals surface area contributed by atoms with E-state index in [9.17, 15) is 4.79 Å². The zero-order valence-electron chi connectivity index (χ0n) is 11.6. The van der Waals surface area contributed by atoms with Crippen molar-refractivity contribution >= 4 is 21.8 Å². The van der Waals surface area contributed by atoms with Crippen LogP contribution in [0.15, 0.2) is 42.5 Å². The maximum atomic E-state index is 12.1. The van der Waals surface area contributed by atoms with Gasteiger partial charge in [-0.25, -0.2) is 0 Å². The third-order valence-electron chi connectivity index (χ3n) is 3.07. The number of nitrogens with one attached hydrogen (secondary N) is 1. The molecule has 0 fully saturated rings. The van der Waals surface area contributed by atoms with E-state index in [-0.39, 0.29) is 10.7 Å². The van der Waals surface area contributed by atoms with E-state index < -0.39 is 0 Å². The molecule has 1 amide bonds. The minimum Gasteiger partial charge on any atom is -0.351 e. The van der Waals surface area contributed by atoms with Crippen molar-refractivity contribution in [2.24, 2.45) is 0 Å². The number of benzene rings is 1. The normalized spacial score (nSPS) is 11.9. The van der Waals surface area contributed by atoms with Crippen LogP contribution in [0.5, 0.6) is 0 Å². The second-order valence-corrected chi connectivity index (χ2v) is 5.78. The molecule has 2 rings (SSSR count). The number of carbonyl (C=O) groups excluding carboxylic acids is 1. The number of halogens is 1. The largest absolute Gasteiger partial charge is 0.351 e. The first-order chi connectivity index (χ1) is 9.58. The van der Waals surface area contributed by atoms with Crippen molar-refractivity contribution in [1.29, 1.82) is 0 Å². The summed E-state index contributed by atoms with van der Waals surface area (Å²) < 4.78 is 0. The third kappa shape index (κ3) is 3.67. The number of hydrogen-bond donors (Lipinski definition) is 1. The topological polar surface area (TPSA) is 42.0 Å². The standard InChI is InChI=1S/C16H17BrN2O/c1-11-8-9-14(12(2)19-11)16(20)18-10-15(17)13-6-4-3-5-7-13/h3-9,15H,10H2,1-2H3,(H,18,20). The Morgan fingerprint density at radius 3 is 2.55 bits per heavy atom. The molecule has 0 bridgehead atoms. The van der Waals surface area contributed by atoms with Crippen molar-refractivity contribution in [1.82, 2.24) is 10.3 Å². The molecule has 0 aliphatic rings. The second kappa shape index (κ2) is 6.66. The Bertz CT molecular complexity index is 599. The van der Waals surface area contributed by atoms with Gasteiger partial charge in [0.2, 0.25) is 0 Å². The summed E-state index contributed by atoms with van der Waals surface area (Å²) in [4.78, 5) is 16.6. The van der Waals surface area contributed by atoms with Crippen LogP contribution in [0.1, 0.15) is 32.1 Å². The molecular formula is C16H17BrN2O. The summed E-state index contributed by atoms with van der Waals surface area (Å²) in [6, 6.07) is 13.7. The van der Waals surface area contributed by atoms with Crippen LogP contribution in [0.3, 0.4) is 0 Å². The fourth-order valence-electron chi connectivity index (χ4n) is 1.98. The van der Waals surface area contributed by atoms with E-state index in [0.717, 1.165) is 17.0 Å². The van der Waals surface area contributed by atoms with E-state index in [0.29, 0.717) is 12.1 Å². The van der Waals surface area contributed by atoms with Gasteiger partial charge in [-0.2, -0.15) is 0 Å². The quantitative estimate of drug-likeness (QED) is 0.869. The van der Waals surface area contributed by atoms with Gasteiger partial charge < -0.3 is 5.32 Å². The van der Waals surface area contributed by atoms with Crippen LogP contribution < -0.4 is 5.32 Å². The van der Waals surface area contributed by atoms with Gasteiger partial charge in [0, 0.05) is 12.2 Å². The SMILES string of the molecule is Cc1ccc(C(=O)NCC(Br)c2ccccc2)c(C)n1. The molecule has 0 saturated heterocycles. The van der Waals surface area contributed by atoms with Crippen LogP contribution in [-0.2, 0) is 0 Å². The molecule has 2 aromatic rings. The highest BCUT2D eigenvalue weighted by molar-refractivity contribution is 9.09. The predicted octanol–water partition coefficient (Wildman–Crippen LogP) is 3.56. The minimum atomic E-state index is -0.0876. The van der Waals surface area contributed by atoms with E-state index in [1.807, 2.05) is 56.3 Å². The lowest BCUT2D eigenvalue weighted by atomic mass is 10.1. The number of aryl methyl sites for hydroxylation is 2. The molecule has 1 aromatic carbocycles. The molecule has 0 aliphatic heterocycles. The Balaban J connectivity index is 1.99. The number of alkyl halides is 1. The van der Waals surface area contributed by atoms with Gasteiger partial charge in [-0.3, -0.25) is 9.78 Å². The maximum Gasteiger partial charge on any atom is 0.253 e. The number of nitrogens with zero attached hydrogens (tertiary/aromatic N) is 1. The van der Waals surface area contributed by atoms with Crippen LogP contribution in [0, 0.1) is 13.8 Å². The molecule has 3 nitrogen and oxygen atoms in total. The summed E-state index contributed by atoms with van der Waals surface area (Å²) >= 11 is 3.59. The van der Waals surface area contributed by atoms with Gasteiger partial charge in [0.25, 0.3) is 5.91 Å². The third-order valence-corrected chi connectivity index (χ3v) is 3.93. The fourth-order valence-corrected chi connectivity index (χ4v) is 2.45. The summed E-state index contributed by atoms with van der Waals surface area (Å²) in [5.74, 6) is -0.0876. The van der Waals surface area contributed by atoms with Gasteiger partial charge in [-0.1, -0.05) is 46.3 Å². The first kappa shape index (κ1) is 14.7. The number of aromatic nitrogens is 1. The smallest absolute Gasteiger partial charge is 0.253 e. The van der Waals surface area contributed by atoms with Crippen LogP contribution in [0.4, 0.5) is 0 Å². The Morgan fingerprint density at radius 1 is 1.20 bits per heavy atom. The van der Waals surface area contributed by atoms with E-state index in [1.165, 1.54) is 0 Å². The molecular weight excluding hydrogens is 316 g/mol. The summed E-state index contributed by atoms with van der Waals surface area (Å²) in [6.45, 7) is 4.31. The van der Waals surface area contributed by atoms with E-state index in [2.05, 4.69) is 26.2 Å². The minimum absolute atomic E-state index is 0.0876. The van der Waals surface area contributed by atoms with Gasteiger partial charge in [-0.15, -0.1) is 0 Å². The van der Waals surface area contributed by atoms with Gasteiger partial charge in [0.15, 0.2) is 0 Å². The summed E-state index contributed by atoms with van der Waals surface area (Å²) in [5, 5.41) is 2.93. The average Bonchev–Trinajstić information content (AvgIpc) is 2.45. The van der Waals surface area contributed by atoms with Crippen molar-refractivity contribution in [2.75, 3.05) is 6.54 Å². The first-order valence-corrected chi connectivity index (χ1v) is 7.41. The van der Waals surface area contributed by atoms with Crippen LogP contribution >= 0.6 is 15.9 Å². The highest BCUT2D eigenvalue weighted by atomic mass is 79.9. The number of amides is 1. The van der Waals surface area contributed by atoms with Crippen molar-refractivity contribution in [3.63, 3.8) is 0 Å². The van der Waals surface area contributed by atoms with Gasteiger partial charge in [0.1, 0.15) is 0 Å². The number of hydrogen-bond acceptors (Lipinski definition) is 2.